The van der Waals surface area contributed by atoms with Crippen LogP contribution in [0.2, 0.25) is 0 Å². The number of benzene rings is 3. The molecule has 3 aromatic carbocycles. The first kappa shape index (κ1) is 33.5. The fraction of sp³-hybridized carbons (Fsp3) is 0.415. The first-order chi connectivity index (χ1) is 21.3. The molecule has 0 spiro atoms. The SMILES string of the molecule is Cc1cnc2c(c1)c1cc(C(C)(C)C)cc3c1n2-c1[c-]c(Oc2[c-]c(C4=NC(C)(C)CO4)cc(C(C)(C)C)c2)c(C)cc1C3(C)C.[Pt+2]. The number of rotatable bonds is 3. The number of pyridine rings is 1. The standard InChI is InChI=1S/C41H45N3O2.Pt/c1-23-13-30-29-18-27(39(6,7)8)19-32-35(29)44(36(30)42-21-23)33-20-34(24(2)14-31(33)41(32,11)12)46-28-16-25(15-26(17-28)38(3,4)5)37-43-40(9,10)22-45-37;/h13-15,17-19,21H,22H2,1-12H3;/q-2;+2. The van der Waals surface area contributed by atoms with Crippen LogP contribution in [0, 0.1) is 26.0 Å². The minimum absolute atomic E-state index is 0. The maximum atomic E-state index is 6.73. The summed E-state index contributed by atoms with van der Waals surface area (Å²) in [4.78, 5) is 9.85. The van der Waals surface area contributed by atoms with Gasteiger partial charge in [-0.25, -0.2) is 4.98 Å². The first-order valence-electron chi connectivity index (χ1n) is 16.4. The van der Waals surface area contributed by atoms with E-state index in [1.165, 1.54) is 33.0 Å². The second-order valence-electron chi connectivity index (χ2n) is 16.6. The monoisotopic (exact) mass is 806 g/mol. The summed E-state index contributed by atoms with van der Waals surface area (Å²) >= 11 is 0. The fourth-order valence-electron chi connectivity index (χ4n) is 6.76. The summed E-state index contributed by atoms with van der Waals surface area (Å²) in [6.07, 6.45) is 1.96. The van der Waals surface area contributed by atoms with Crippen LogP contribution in [0.1, 0.15) is 108 Å². The molecule has 0 amide bonds. The fourth-order valence-corrected chi connectivity index (χ4v) is 6.76. The van der Waals surface area contributed by atoms with Gasteiger partial charge in [0.25, 0.3) is 0 Å². The van der Waals surface area contributed by atoms with Gasteiger partial charge in [-0.2, -0.15) is 6.07 Å². The number of fused-ring (bicyclic) bond motifs is 5. The van der Waals surface area contributed by atoms with Gasteiger partial charge in [-0.3, -0.25) is 4.99 Å². The molecule has 0 saturated heterocycles. The third-order valence-corrected chi connectivity index (χ3v) is 9.60. The summed E-state index contributed by atoms with van der Waals surface area (Å²) in [5.41, 5.74) is 10.5. The van der Waals surface area contributed by atoms with E-state index in [1.807, 2.05) is 6.20 Å². The molecule has 0 aliphatic carbocycles. The summed E-state index contributed by atoms with van der Waals surface area (Å²) in [6, 6.07) is 20.8. The van der Waals surface area contributed by atoms with Gasteiger partial charge in [0.05, 0.1) is 11.1 Å². The van der Waals surface area contributed by atoms with Crippen molar-refractivity contribution in [1.82, 2.24) is 9.55 Å². The molecule has 0 N–H and O–H groups in total. The van der Waals surface area contributed by atoms with E-state index >= 15 is 0 Å². The van der Waals surface area contributed by atoms with Gasteiger partial charge in [-0.15, -0.1) is 28.8 Å². The van der Waals surface area contributed by atoms with Crippen LogP contribution in [0.15, 0.2) is 47.6 Å². The molecule has 2 aliphatic rings. The third-order valence-electron chi connectivity index (χ3n) is 9.60. The molecule has 5 aromatic rings. The molecule has 246 valence electrons. The molecule has 0 atom stereocenters. The van der Waals surface area contributed by atoms with Crippen LogP contribution in [0.5, 0.6) is 11.5 Å². The van der Waals surface area contributed by atoms with E-state index in [0.717, 1.165) is 33.6 Å². The number of aryl methyl sites for hydroxylation is 2. The summed E-state index contributed by atoms with van der Waals surface area (Å²) < 4.78 is 15.1. The van der Waals surface area contributed by atoms with Gasteiger partial charge in [0.1, 0.15) is 18.2 Å². The molecule has 0 fully saturated rings. The van der Waals surface area contributed by atoms with Crippen molar-refractivity contribution in [2.24, 2.45) is 4.99 Å². The van der Waals surface area contributed by atoms with E-state index in [0.29, 0.717) is 24.0 Å². The van der Waals surface area contributed by atoms with Gasteiger partial charge in [-0.05, 0) is 65.8 Å². The van der Waals surface area contributed by atoms with Crippen LogP contribution in [-0.2, 0) is 42.0 Å². The molecule has 7 rings (SSSR count). The van der Waals surface area contributed by atoms with Crippen LogP contribution >= 0.6 is 0 Å². The zero-order chi connectivity index (χ0) is 33.1. The summed E-state index contributed by atoms with van der Waals surface area (Å²) in [7, 11) is 0. The van der Waals surface area contributed by atoms with Crippen molar-refractivity contribution < 1.29 is 30.5 Å². The average Bonchev–Trinajstić information content (AvgIpc) is 3.48. The molecule has 2 aromatic heterocycles. The topological polar surface area (TPSA) is 48.6 Å². The van der Waals surface area contributed by atoms with Gasteiger partial charge >= 0.3 is 21.1 Å². The maximum Gasteiger partial charge on any atom is 2.00 e. The van der Waals surface area contributed by atoms with Crippen molar-refractivity contribution in [3.8, 4) is 17.2 Å². The number of hydrogen-bond acceptors (Lipinski definition) is 4. The Morgan fingerprint density at radius 2 is 1.51 bits per heavy atom. The molecule has 2 aliphatic heterocycles. The molecule has 0 bridgehead atoms. The van der Waals surface area contributed by atoms with E-state index in [2.05, 4.69) is 136 Å². The summed E-state index contributed by atoms with van der Waals surface area (Å²) in [5, 5.41) is 2.40. The average molecular weight is 807 g/mol. The molecule has 6 heteroatoms. The molecular weight excluding hydrogens is 762 g/mol. The van der Waals surface area contributed by atoms with Crippen molar-refractivity contribution in [2.45, 2.75) is 105 Å². The zero-order valence-corrected chi connectivity index (χ0v) is 32.0. The van der Waals surface area contributed by atoms with Crippen LogP contribution in [-0.4, -0.2) is 27.6 Å². The Balaban J connectivity index is 0.00000386. The largest absolute Gasteiger partial charge is 2.00 e. The minimum atomic E-state index is -0.265. The molecule has 4 heterocycles. The maximum absolute atomic E-state index is 6.73. The molecular formula is C41H45N3O2Pt. The number of ether oxygens (including phenoxy) is 2. The van der Waals surface area contributed by atoms with Gasteiger partial charge in [0.15, 0.2) is 0 Å². The van der Waals surface area contributed by atoms with Crippen molar-refractivity contribution in [3.63, 3.8) is 0 Å². The molecule has 5 nitrogen and oxygen atoms in total. The zero-order valence-electron chi connectivity index (χ0n) is 29.7. The van der Waals surface area contributed by atoms with Crippen LogP contribution in [0.25, 0.3) is 27.6 Å². The van der Waals surface area contributed by atoms with Crippen molar-refractivity contribution in [2.75, 3.05) is 6.61 Å². The Kier molecular flexibility index (Phi) is 7.68. The molecule has 47 heavy (non-hydrogen) atoms. The van der Waals surface area contributed by atoms with Crippen LogP contribution < -0.4 is 4.74 Å². The Hall–Kier alpha value is -3.43. The quantitative estimate of drug-likeness (QED) is 0.171. The summed E-state index contributed by atoms with van der Waals surface area (Å²) in [6.45, 7) is 27.1. The normalized spacial score (nSPS) is 16.5. The molecule has 0 unspecified atom stereocenters. The molecule has 0 radical (unpaired) electrons. The Morgan fingerprint density at radius 1 is 0.830 bits per heavy atom. The first-order valence-corrected chi connectivity index (χ1v) is 16.4. The predicted octanol–water partition coefficient (Wildman–Crippen LogP) is 9.98. The van der Waals surface area contributed by atoms with E-state index in [1.54, 1.807) is 0 Å². The van der Waals surface area contributed by atoms with Crippen molar-refractivity contribution >= 4 is 27.8 Å². The van der Waals surface area contributed by atoms with E-state index < -0.39 is 0 Å². The van der Waals surface area contributed by atoms with Gasteiger partial charge < -0.3 is 14.0 Å². The number of nitrogens with zero attached hydrogens (tertiary/aromatic N) is 3. The van der Waals surface area contributed by atoms with Crippen LogP contribution in [0.4, 0.5) is 0 Å². The Morgan fingerprint density at radius 3 is 2.15 bits per heavy atom. The van der Waals surface area contributed by atoms with Gasteiger partial charge in [0.2, 0.25) is 0 Å². The van der Waals surface area contributed by atoms with Gasteiger partial charge in [-0.1, -0.05) is 91.8 Å². The smallest absolute Gasteiger partial charge is 0.518 e. The van der Waals surface area contributed by atoms with E-state index in [9.17, 15) is 0 Å². The van der Waals surface area contributed by atoms with Gasteiger partial charge in [0, 0.05) is 28.5 Å². The summed E-state index contributed by atoms with van der Waals surface area (Å²) in [5.74, 6) is 1.91. The second kappa shape index (κ2) is 10.8. The predicted molar refractivity (Wildman–Crippen MR) is 188 cm³/mol. The Bertz CT molecular complexity index is 2120. The van der Waals surface area contributed by atoms with Crippen molar-refractivity contribution in [1.29, 1.82) is 0 Å². The second-order valence-corrected chi connectivity index (χ2v) is 16.6. The minimum Gasteiger partial charge on any atom is -0.518 e. The number of aromatic nitrogens is 2. The number of aliphatic imine (C=N–C) groups is 1. The molecule has 0 saturated carbocycles. The van der Waals surface area contributed by atoms with E-state index in [4.69, 9.17) is 19.5 Å². The number of hydrogen-bond donors (Lipinski definition) is 0. The third kappa shape index (κ3) is 5.53. The Labute approximate surface area is 294 Å². The van der Waals surface area contributed by atoms with E-state index in [-0.39, 0.29) is 42.8 Å². The van der Waals surface area contributed by atoms with Crippen LogP contribution in [0.3, 0.4) is 0 Å². The van der Waals surface area contributed by atoms with Crippen molar-refractivity contribution in [3.05, 3.63) is 93.7 Å².